The molecule has 1 aliphatic rings. The number of aliphatic carboxylic acids is 4. The van der Waals surface area contributed by atoms with Crippen LogP contribution in [0, 0.1) is 0 Å². The van der Waals surface area contributed by atoms with E-state index in [1.54, 1.807) is 0 Å². The number of carboxylic acids is 4. The predicted molar refractivity (Wildman–Crippen MR) is 292 cm³/mol. The van der Waals surface area contributed by atoms with Gasteiger partial charge in [0.15, 0.2) is 11.2 Å². The molecule has 1 heterocycles. The zero-order chi connectivity index (χ0) is 60.0. The topological polar surface area (TPSA) is 432 Å². The van der Waals surface area contributed by atoms with Gasteiger partial charge < -0.3 is 101 Å². The Morgan fingerprint density at radius 1 is 0.590 bits per heavy atom. The molecule has 0 saturated carbocycles. The van der Waals surface area contributed by atoms with Gasteiger partial charge in [-0.3, -0.25) is 39.0 Å². The number of nitrogens with zero attached hydrogens (tertiary/aromatic N) is 1. The molecule has 2 amide bonds. The molecule has 0 bridgehead atoms. The number of aliphatic hydroxyl groups excluding tert-OH is 3. The van der Waals surface area contributed by atoms with E-state index in [-0.39, 0.29) is 39.4 Å². The van der Waals surface area contributed by atoms with Gasteiger partial charge in [-0.2, -0.15) is 0 Å². The molecule has 78 heavy (non-hydrogen) atoms. The lowest BCUT2D eigenvalue weighted by Crippen LogP contribution is -2.81. The minimum Gasteiger partial charge on any atom is -0.481 e. The quantitative estimate of drug-likeness (QED) is 0.0200. The van der Waals surface area contributed by atoms with Crippen molar-refractivity contribution in [1.29, 1.82) is 0 Å². The highest BCUT2D eigenvalue weighted by molar-refractivity contribution is 7.81. The molecule has 2 unspecified atom stereocenters. The molecule has 0 aromatic rings. The fourth-order valence-electron chi connectivity index (χ4n) is 6.52. The molecule has 28 nitrogen and oxygen atoms in total. The van der Waals surface area contributed by atoms with Crippen LogP contribution in [0.2, 0.25) is 0 Å². The Morgan fingerprint density at radius 2 is 0.962 bits per heavy atom. The summed E-state index contributed by atoms with van der Waals surface area (Å²) in [4.78, 5) is 62.7. The summed E-state index contributed by atoms with van der Waals surface area (Å²) >= 11 is 4.50. The van der Waals surface area contributed by atoms with Crippen LogP contribution >= 0.6 is 12.6 Å². The van der Waals surface area contributed by atoms with Crippen LogP contribution in [0.15, 0.2) is 0 Å². The first-order valence-electron chi connectivity index (χ1n) is 26.5. The van der Waals surface area contributed by atoms with E-state index in [1.165, 1.54) is 6.92 Å². The molecule has 6 atom stereocenters. The van der Waals surface area contributed by atoms with Gasteiger partial charge in [0.1, 0.15) is 12.2 Å². The first-order chi connectivity index (χ1) is 37.0. The van der Waals surface area contributed by atoms with Crippen molar-refractivity contribution in [3.63, 3.8) is 0 Å². The van der Waals surface area contributed by atoms with E-state index in [0.717, 1.165) is 131 Å². The monoisotopic (exact) mass is 1160 g/mol. The molecule has 0 radical (unpaired) electrons. The molecule has 1 aliphatic heterocycles. The summed E-state index contributed by atoms with van der Waals surface area (Å²) in [6.45, 7) is 17.3. The molecule has 0 spiro atoms. The number of nitrogens with two attached hydrogens (primary N) is 2. The Bertz CT molecular complexity index is 1430. The average Bonchev–Trinajstić information content (AvgIpc) is 3.36. The van der Waals surface area contributed by atoms with Gasteiger partial charge in [0, 0.05) is 40.7 Å². The number of hydrogen-bond donors (Lipinski definition) is 15. The molecule has 464 valence electrons. The van der Waals surface area contributed by atoms with Crippen molar-refractivity contribution in [2.24, 2.45) is 11.5 Å². The largest absolute Gasteiger partial charge is 0.481 e. The average molecular weight is 1160 g/mol. The number of carboxylic acid groups (broad SMARTS) is 4. The van der Waals surface area contributed by atoms with Crippen molar-refractivity contribution in [3.05, 3.63) is 0 Å². The highest BCUT2D eigenvalue weighted by Crippen LogP contribution is 2.41. The zero-order valence-electron chi connectivity index (χ0n) is 47.2. The number of primary amides is 1. The van der Waals surface area contributed by atoms with Crippen molar-refractivity contribution in [2.45, 2.75) is 147 Å². The van der Waals surface area contributed by atoms with Gasteiger partial charge in [-0.05, 0) is 97.3 Å². The van der Waals surface area contributed by atoms with Crippen LogP contribution in [0.1, 0.15) is 112 Å². The number of carbonyl (C=O) groups excluding carboxylic acids is 2. The van der Waals surface area contributed by atoms with Gasteiger partial charge in [-0.1, -0.05) is 33.1 Å². The Morgan fingerprint density at radius 3 is 1.35 bits per heavy atom. The normalized spacial score (nSPS) is 18.7. The van der Waals surface area contributed by atoms with Crippen LogP contribution in [-0.4, -0.2) is 248 Å². The van der Waals surface area contributed by atoms with Crippen LogP contribution in [0.3, 0.4) is 0 Å². The molecule has 29 heteroatoms. The number of hydrogen-bond acceptors (Lipinski definition) is 23. The molecule has 1 fully saturated rings. The van der Waals surface area contributed by atoms with Gasteiger partial charge in [0.2, 0.25) is 17.9 Å². The fraction of sp³-hybridized carbons (Fsp3) is 0.878. The van der Waals surface area contributed by atoms with Crippen molar-refractivity contribution in [1.82, 2.24) is 26.2 Å². The Hall–Kier alpha value is -3.47. The Kier molecular flexibility index (Phi) is 57.6. The standard InChI is InChI=1S/C41H85N7O13S.4C2H4O2/c1-3-5-11-22-55-23-24-56-25-26-57-27-28-58-29-30-59-31-32-60-38(37(43)52)48(35(50)4-2)40(54)36(51)34(33-49)61-41(62,39(40)53)47-21-8-6-7-15-45-19-13-20-46-17-10-9-16-44-18-12-14-42;4*1-2(3)4/h34,36,38-39,44-47,49,51,53-54,62H,3-33,42H2,1-2H3,(H2,43,52);4*1H3,(H,3,4)/t34-,36-,38?,39+,40+,41?;;;;/m1..../s1. The van der Waals surface area contributed by atoms with Crippen LogP contribution < -0.4 is 32.7 Å². The number of unbranched alkanes of at least 4 members (excludes halogenated alkanes) is 5. The summed E-state index contributed by atoms with van der Waals surface area (Å²) in [5, 5.41) is 85.9. The van der Waals surface area contributed by atoms with Gasteiger partial charge in [0.25, 0.3) is 29.8 Å². The van der Waals surface area contributed by atoms with E-state index in [1.807, 2.05) is 0 Å². The maximum absolute atomic E-state index is 13.4. The van der Waals surface area contributed by atoms with Crippen molar-refractivity contribution in [2.75, 3.05) is 132 Å². The van der Waals surface area contributed by atoms with Gasteiger partial charge in [0.05, 0.1) is 72.7 Å². The minimum absolute atomic E-state index is 0.0524. The van der Waals surface area contributed by atoms with Crippen molar-refractivity contribution in [3.8, 4) is 0 Å². The SMILES string of the molecule is CC(=O)O.CC(=O)O.CC(=O)O.CC(=O)O.CCCCCOCCOCCOCCOCCOCCOC(C(N)=O)N(C(=O)CC)[C@]1(O)[C@H](O)[C@@H](CO)OC(S)(NCCCCCNCCCNCCCCNCCCN)[C@H]1O. The maximum atomic E-state index is 13.4. The predicted octanol–water partition coefficient (Wildman–Crippen LogP) is -0.877. The lowest BCUT2D eigenvalue weighted by molar-refractivity contribution is -0.343. The highest BCUT2D eigenvalue weighted by Gasteiger charge is 2.66. The minimum atomic E-state index is -2.95. The molecule has 0 aliphatic carbocycles. The molecule has 16 N–H and O–H groups in total. The fourth-order valence-corrected chi connectivity index (χ4v) is 6.96. The highest BCUT2D eigenvalue weighted by atomic mass is 32.1. The number of amides is 2. The van der Waals surface area contributed by atoms with Crippen LogP contribution in [0.4, 0.5) is 0 Å². The molecular weight excluding hydrogens is 1050 g/mol. The van der Waals surface area contributed by atoms with E-state index < -0.39 is 77.6 Å². The van der Waals surface area contributed by atoms with Crippen LogP contribution in [-0.2, 0) is 61.9 Å². The summed E-state index contributed by atoms with van der Waals surface area (Å²) in [6.07, 6.45) is 1.96. The second-order valence-corrected chi connectivity index (χ2v) is 17.9. The molecule has 1 rings (SSSR count). The molecule has 0 aromatic carbocycles. The molecule has 1 saturated heterocycles. The summed E-state index contributed by atoms with van der Waals surface area (Å²) in [5.41, 5.74) is 8.22. The third-order valence-electron chi connectivity index (χ3n) is 10.0. The summed E-state index contributed by atoms with van der Waals surface area (Å²) in [7, 11) is 0. The first-order valence-corrected chi connectivity index (χ1v) is 27.0. The Balaban J connectivity index is -0.00000149. The summed E-state index contributed by atoms with van der Waals surface area (Å²) in [6, 6.07) is 0. The summed E-state index contributed by atoms with van der Waals surface area (Å²) in [5.74, 6) is -5.40. The smallest absolute Gasteiger partial charge is 0.300 e. The van der Waals surface area contributed by atoms with E-state index in [2.05, 4.69) is 40.8 Å². The number of carbonyl (C=O) groups is 6. The van der Waals surface area contributed by atoms with Gasteiger partial charge >= 0.3 is 0 Å². The van der Waals surface area contributed by atoms with Gasteiger partial charge in [-0.15, -0.1) is 12.6 Å². The number of thiol groups is 1. The first kappa shape index (κ1) is 81.0. The second kappa shape index (κ2) is 55.4. The third-order valence-corrected chi connectivity index (χ3v) is 10.5. The zero-order valence-corrected chi connectivity index (χ0v) is 48.1. The number of ether oxygens (including phenoxy) is 7. The molecular formula is C49H101N7O21S. The molecule has 0 aromatic heterocycles. The van der Waals surface area contributed by atoms with E-state index in [4.69, 9.17) is 84.2 Å². The lowest BCUT2D eigenvalue weighted by atomic mass is 9.88. The number of aliphatic hydroxyl groups is 4. The van der Waals surface area contributed by atoms with Crippen LogP contribution in [0.25, 0.3) is 0 Å². The lowest BCUT2D eigenvalue weighted by Gasteiger charge is -2.56. The van der Waals surface area contributed by atoms with Crippen molar-refractivity contribution >= 4 is 48.3 Å². The summed E-state index contributed by atoms with van der Waals surface area (Å²) < 4.78 is 38.9. The van der Waals surface area contributed by atoms with Crippen LogP contribution in [0.5, 0.6) is 0 Å². The second-order valence-electron chi connectivity index (χ2n) is 17.2. The van der Waals surface area contributed by atoms with E-state index in [9.17, 15) is 30.0 Å². The Labute approximate surface area is 466 Å². The maximum Gasteiger partial charge on any atom is 0.300 e. The number of nitrogens with one attached hydrogen (secondary N) is 4. The van der Waals surface area contributed by atoms with E-state index >= 15 is 0 Å². The van der Waals surface area contributed by atoms with Crippen molar-refractivity contribution < 1.29 is 103 Å². The van der Waals surface area contributed by atoms with E-state index in [0.29, 0.717) is 57.5 Å². The number of rotatable bonds is 44. The third kappa shape index (κ3) is 48.4. The van der Waals surface area contributed by atoms with Gasteiger partial charge in [-0.25, -0.2) is 0 Å².